The van der Waals surface area contributed by atoms with Crippen molar-refractivity contribution in [3.8, 4) is 0 Å². The number of nitrogens with two attached hydrogens (primary N) is 1. The number of nitrogens with zero attached hydrogens (tertiary/aromatic N) is 1. The van der Waals surface area contributed by atoms with Crippen molar-refractivity contribution in [3.05, 3.63) is 53.0 Å². The minimum atomic E-state index is -1.11. The summed E-state index contributed by atoms with van der Waals surface area (Å²) in [5, 5.41) is 12.4. The molecular formula is C15H11N3O3S. The van der Waals surface area contributed by atoms with Crippen LogP contribution in [0.1, 0.15) is 20.0 Å². The van der Waals surface area contributed by atoms with Crippen LogP contribution in [-0.4, -0.2) is 22.0 Å². The van der Waals surface area contributed by atoms with Gasteiger partial charge in [-0.15, -0.1) is 11.3 Å². The van der Waals surface area contributed by atoms with Crippen LogP contribution in [0.4, 0.5) is 11.4 Å². The SMILES string of the molecule is Nc1c(C(=O)Nc2ccccc2C(=O)O)sc2ncccc12. The molecule has 110 valence electrons. The van der Waals surface area contributed by atoms with Crippen LogP contribution in [-0.2, 0) is 0 Å². The van der Waals surface area contributed by atoms with Crippen LogP contribution >= 0.6 is 11.3 Å². The smallest absolute Gasteiger partial charge is 0.337 e. The van der Waals surface area contributed by atoms with Gasteiger partial charge in [0.2, 0.25) is 0 Å². The Morgan fingerprint density at radius 2 is 1.95 bits per heavy atom. The second-order valence-electron chi connectivity index (χ2n) is 4.51. The molecular weight excluding hydrogens is 302 g/mol. The number of carboxylic acids is 1. The molecule has 0 saturated heterocycles. The van der Waals surface area contributed by atoms with E-state index in [0.717, 1.165) is 0 Å². The molecule has 2 heterocycles. The molecule has 3 aromatic rings. The maximum Gasteiger partial charge on any atom is 0.337 e. The Hall–Kier alpha value is -2.93. The average molecular weight is 313 g/mol. The number of hydrogen-bond acceptors (Lipinski definition) is 5. The van der Waals surface area contributed by atoms with E-state index in [2.05, 4.69) is 10.3 Å². The van der Waals surface area contributed by atoms with Gasteiger partial charge in [0, 0.05) is 11.6 Å². The molecule has 0 radical (unpaired) electrons. The summed E-state index contributed by atoms with van der Waals surface area (Å²) >= 11 is 1.17. The molecule has 1 amide bonds. The highest BCUT2D eigenvalue weighted by atomic mass is 32.1. The lowest BCUT2D eigenvalue weighted by molar-refractivity contribution is 0.0698. The second-order valence-corrected chi connectivity index (χ2v) is 5.50. The molecule has 1 aromatic carbocycles. The predicted molar refractivity (Wildman–Crippen MR) is 85.4 cm³/mol. The van der Waals surface area contributed by atoms with Gasteiger partial charge in [0.15, 0.2) is 0 Å². The van der Waals surface area contributed by atoms with E-state index in [0.29, 0.717) is 20.8 Å². The highest BCUT2D eigenvalue weighted by Crippen LogP contribution is 2.32. The van der Waals surface area contributed by atoms with Crippen LogP contribution in [0.3, 0.4) is 0 Å². The molecule has 7 heteroatoms. The van der Waals surface area contributed by atoms with E-state index in [-0.39, 0.29) is 11.3 Å². The van der Waals surface area contributed by atoms with Gasteiger partial charge in [-0.25, -0.2) is 9.78 Å². The number of thiophene rings is 1. The topological polar surface area (TPSA) is 105 Å². The Morgan fingerprint density at radius 3 is 2.68 bits per heavy atom. The Bertz CT molecular complexity index is 889. The van der Waals surface area contributed by atoms with Gasteiger partial charge in [-0.3, -0.25) is 4.79 Å². The normalized spacial score (nSPS) is 10.5. The van der Waals surface area contributed by atoms with Gasteiger partial charge >= 0.3 is 5.97 Å². The summed E-state index contributed by atoms with van der Waals surface area (Å²) < 4.78 is 0. The summed E-state index contributed by atoms with van der Waals surface area (Å²) in [6.45, 7) is 0. The van der Waals surface area contributed by atoms with Crippen molar-refractivity contribution in [2.75, 3.05) is 11.1 Å². The number of aromatic carboxylic acids is 1. The molecule has 0 atom stereocenters. The number of rotatable bonds is 3. The van der Waals surface area contributed by atoms with Gasteiger partial charge in [-0.1, -0.05) is 12.1 Å². The first-order chi connectivity index (χ1) is 10.6. The Morgan fingerprint density at radius 1 is 1.18 bits per heavy atom. The van der Waals surface area contributed by atoms with E-state index in [1.807, 2.05) is 0 Å². The molecule has 22 heavy (non-hydrogen) atoms. The van der Waals surface area contributed by atoms with Crippen LogP contribution in [0, 0.1) is 0 Å². The fourth-order valence-electron chi connectivity index (χ4n) is 2.08. The van der Waals surface area contributed by atoms with Crippen LogP contribution in [0.2, 0.25) is 0 Å². The number of carbonyl (C=O) groups excluding carboxylic acids is 1. The maximum absolute atomic E-state index is 12.4. The van der Waals surface area contributed by atoms with Gasteiger partial charge in [-0.2, -0.15) is 0 Å². The molecule has 0 aliphatic rings. The lowest BCUT2D eigenvalue weighted by atomic mass is 10.1. The van der Waals surface area contributed by atoms with Crippen LogP contribution in [0.15, 0.2) is 42.6 Å². The standard InChI is InChI=1S/C15H11N3O3S/c16-11-9-5-3-7-17-14(9)22-12(11)13(19)18-10-6-2-1-4-8(10)15(20)21/h1-7H,16H2,(H,18,19)(H,20,21). The summed E-state index contributed by atoms with van der Waals surface area (Å²) in [6.07, 6.45) is 1.62. The Balaban J connectivity index is 1.98. The number of nitrogens with one attached hydrogen (secondary N) is 1. The number of benzene rings is 1. The number of carbonyl (C=O) groups is 2. The molecule has 4 N–H and O–H groups in total. The monoisotopic (exact) mass is 313 g/mol. The number of anilines is 2. The van der Waals surface area contributed by atoms with Crippen LogP contribution in [0.25, 0.3) is 10.2 Å². The highest BCUT2D eigenvalue weighted by molar-refractivity contribution is 7.21. The second kappa shape index (κ2) is 5.45. The van der Waals surface area contributed by atoms with Crippen LogP contribution in [0.5, 0.6) is 0 Å². The van der Waals surface area contributed by atoms with E-state index in [1.54, 1.807) is 30.5 Å². The minimum Gasteiger partial charge on any atom is -0.478 e. The van der Waals surface area contributed by atoms with E-state index in [9.17, 15) is 9.59 Å². The number of aromatic nitrogens is 1. The quantitative estimate of drug-likeness (QED) is 0.689. The molecule has 0 unspecified atom stereocenters. The van der Waals surface area contributed by atoms with Gasteiger partial charge in [0.1, 0.15) is 9.71 Å². The molecule has 3 rings (SSSR count). The van der Waals surface area contributed by atoms with E-state index < -0.39 is 11.9 Å². The minimum absolute atomic E-state index is 0.0219. The van der Waals surface area contributed by atoms with Gasteiger partial charge in [0.05, 0.1) is 16.9 Å². The third kappa shape index (κ3) is 2.38. The van der Waals surface area contributed by atoms with Crippen molar-refractivity contribution >= 4 is 44.8 Å². The molecule has 0 fully saturated rings. The van der Waals surface area contributed by atoms with Crippen LogP contribution < -0.4 is 11.1 Å². The number of hydrogen-bond donors (Lipinski definition) is 3. The van der Waals surface area contributed by atoms with Crippen molar-refractivity contribution in [2.24, 2.45) is 0 Å². The number of amides is 1. The Labute approximate surface area is 129 Å². The van der Waals surface area contributed by atoms with E-state index in [1.165, 1.54) is 23.5 Å². The average Bonchev–Trinajstić information content (AvgIpc) is 2.85. The zero-order chi connectivity index (χ0) is 15.7. The van der Waals surface area contributed by atoms with Gasteiger partial charge in [0.25, 0.3) is 5.91 Å². The first kappa shape index (κ1) is 14.0. The number of pyridine rings is 1. The summed E-state index contributed by atoms with van der Waals surface area (Å²) in [4.78, 5) is 28.7. The predicted octanol–water partition coefficient (Wildman–Crippen LogP) is 2.83. The lowest BCUT2D eigenvalue weighted by Crippen LogP contribution is -2.14. The number of nitrogen functional groups attached to an aromatic ring is 1. The number of para-hydroxylation sites is 1. The zero-order valence-corrected chi connectivity index (χ0v) is 12.1. The summed E-state index contributed by atoms with van der Waals surface area (Å²) in [5.41, 5.74) is 6.58. The Kier molecular flexibility index (Phi) is 3.48. The molecule has 0 aliphatic carbocycles. The third-order valence-electron chi connectivity index (χ3n) is 3.12. The third-order valence-corrected chi connectivity index (χ3v) is 4.24. The van der Waals surface area contributed by atoms with Gasteiger partial charge in [-0.05, 0) is 24.3 Å². The lowest BCUT2D eigenvalue weighted by Gasteiger charge is -2.07. The molecule has 0 bridgehead atoms. The summed E-state index contributed by atoms with van der Waals surface area (Å²) in [7, 11) is 0. The molecule has 2 aromatic heterocycles. The van der Waals surface area contributed by atoms with E-state index in [4.69, 9.17) is 10.8 Å². The molecule has 0 spiro atoms. The fraction of sp³-hybridized carbons (Fsp3) is 0. The van der Waals surface area contributed by atoms with Crippen molar-refractivity contribution in [1.29, 1.82) is 0 Å². The highest BCUT2D eigenvalue weighted by Gasteiger charge is 2.19. The number of fused-ring (bicyclic) bond motifs is 1. The van der Waals surface area contributed by atoms with Crippen molar-refractivity contribution in [3.63, 3.8) is 0 Å². The number of carboxylic acid groups (broad SMARTS) is 1. The summed E-state index contributed by atoms with van der Waals surface area (Å²) in [5.74, 6) is -1.56. The van der Waals surface area contributed by atoms with Crippen molar-refractivity contribution in [1.82, 2.24) is 4.98 Å². The molecule has 6 nitrogen and oxygen atoms in total. The largest absolute Gasteiger partial charge is 0.478 e. The van der Waals surface area contributed by atoms with Crippen molar-refractivity contribution in [2.45, 2.75) is 0 Å². The fourth-order valence-corrected chi connectivity index (χ4v) is 3.04. The first-order valence-corrected chi connectivity index (χ1v) is 7.16. The molecule has 0 aliphatic heterocycles. The first-order valence-electron chi connectivity index (χ1n) is 6.34. The van der Waals surface area contributed by atoms with Crippen molar-refractivity contribution < 1.29 is 14.7 Å². The zero-order valence-electron chi connectivity index (χ0n) is 11.2. The van der Waals surface area contributed by atoms with E-state index >= 15 is 0 Å². The summed E-state index contributed by atoms with van der Waals surface area (Å²) in [6, 6.07) is 9.73. The van der Waals surface area contributed by atoms with Gasteiger partial charge < -0.3 is 16.2 Å². The maximum atomic E-state index is 12.4. The molecule has 0 saturated carbocycles.